The molecule has 1 aromatic carbocycles. The van der Waals surface area contributed by atoms with Gasteiger partial charge in [0.05, 0.1) is 11.7 Å². The standard InChI is InChI=1S/C26H41O3Si/c1-17(12-13-22-25(5,6)27-22)11-10-15-26(7)16-14-21-20(4)23(29-30(8)9)18(2)19(3)24(21)28-26/h11,22H,10,12-16H2,1-9H3/b17-11+/t22?,26-/m1/s1. The normalized spacial score (nSPS) is 25.1. The summed E-state index contributed by atoms with van der Waals surface area (Å²) in [5.41, 5.74) is 6.60. The predicted molar refractivity (Wildman–Crippen MR) is 127 cm³/mol. The summed E-state index contributed by atoms with van der Waals surface area (Å²) >= 11 is 0. The number of benzene rings is 1. The van der Waals surface area contributed by atoms with Gasteiger partial charge in [-0.25, -0.2) is 0 Å². The molecule has 0 aliphatic carbocycles. The number of allylic oxidation sites excluding steroid dienone is 2. The molecule has 1 unspecified atom stereocenters. The zero-order valence-electron chi connectivity index (χ0n) is 20.6. The fourth-order valence-corrected chi connectivity index (χ4v) is 5.35. The van der Waals surface area contributed by atoms with Gasteiger partial charge < -0.3 is 13.9 Å². The molecule has 1 fully saturated rings. The molecule has 0 amide bonds. The molecule has 0 spiro atoms. The summed E-state index contributed by atoms with van der Waals surface area (Å²) in [5, 5.41) is 0. The smallest absolute Gasteiger partial charge is 0.274 e. The first-order valence-corrected chi connectivity index (χ1v) is 14.0. The first-order valence-electron chi connectivity index (χ1n) is 11.6. The van der Waals surface area contributed by atoms with Crippen LogP contribution in [0.2, 0.25) is 13.1 Å². The number of rotatable bonds is 8. The van der Waals surface area contributed by atoms with E-state index in [2.05, 4.69) is 67.6 Å². The topological polar surface area (TPSA) is 31.0 Å². The number of ether oxygens (including phenoxy) is 2. The predicted octanol–water partition coefficient (Wildman–Crippen LogP) is 7.01. The molecule has 1 radical (unpaired) electrons. The van der Waals surface area contributed by atoms with Gasteiger partial charge in [-0.1, -0.05) is 11.6 Å². The van der Waals surface area contributed by atoms with E-state index >= 15 is 0 Å². The lowest BCUT2D eigenvalue weighted by Crippen LogP contribution is -2.37. The summed E-state index contributed by atoms with van der Waals surface area (Å²) in [7, 11) is -0.784. The molecule has 3 nitrogen and oxygen atoms in total. The fraction of sp³-hybridized carbons (Fsp3) is 0.692. The van der Waals surface area contributed by atoms with Gasteiger partial charge in [-0.2, -0.15) is 0 Å². The van der Waals surface area contributed by atoms with Crippen molar-refractivity contribution >= 4 is 9.04 Å². The quantitative estimate of drug-likeness (QED) is 0.253. The second-order valence-corrected chi connectivity index (χ2v) is 12.4. The highest BCUT2D eigenvalue weighted by Crippen LogP contribution is 2.45. The lowest BCUT2D eigenvalue weighted by atomic mass is 9.85. The molecule has 3 rings (SSSR count). The molecule has 2 aliphatic rings. The number of hydrogen-bond donors (Lipinski definition) is 0. The highest BCUT2D eigenvalue weighted by atomic mass is 28.3. The van der Waals surface area contributed by atoms with Crippen molar-refractivity contribution in [1.29, 1.82) is 0 Å². The molecule has 30 heavy (non-hydrogen) atoms. The van der Waals surface area contributed by atoms with E-state index in [4.69, 9.17) is 13.9 Å². The van der Waals surface area contributed by atoms with E-state index < -0.39 is 9.04 Å². The Morgan fingerprint density at radius 2 is 1.80 bits per heavy atom. The van der Waals surface area contributed by atoms with Crippen molar-refractivity contribution in [3.63, 3.8) is 0 Å². The van der Waals surface area contributed by atoms with Crippen molar-refractivity contribution in [2.75, 3.05) is 0 Å². The summed E-state index contributed by atoms with van der Waals surface area (Å²) in [4.78, 5) is 0. The van der Waals surface area contributed by atoms with E-state index in [1.54, 1.807) is 0 Å². The zero-order chi connectivity index (χ0) is 22.3. The maximum absolute atomic E-state index is 6.69. The zero-order valence-corrected chi connectivity index (χ0v) is 21.6. The molecule has 2 aliphatic heterocycles. The molecule has 2 heterocycles. The van der Waals surface area contributed by atoms with E-state index in [1.807, 2.05) is 0 Å². The van der Waals surface area contributed by atoms with Crippen molar-refractivity contribution in [2.45, 2.75) is 117 Å². The molecule has 1 saturated heterocycles. The van der Waals surface area contributed by atoms with Gasteiger partial charge in [0.25, 0.3) is 9.04 Å². The van der Waals surface area contributed by atoms with Crippen molar-refractivity contribution in [1.82, 2.24) is 0 Å². The van der Waals surface area contributed by atoms with E-state index in [1.165, 1.54) is 27.8 Å². The minimum absolute atomic E-state index is 0.0954. The van der Waals surface area contributed by atoms with Crippen LogP contribution in [-0.2, 0) is 11.2 Å². The Kier molecular flexibility index (Phi) is 6.79. The van der Waals surface area contributed by atoms with Gasteiger partial charge in [0.15, 0.2) is 0 Å². The molecule has 0 saturated carbocycles. The fourth-order valence-electron chi connectivity index (χ4n) is 4.64. The minimum Gasteiger partial charge on any atom is -0.542 e. The van der Waals surface area contributed by atoms with Crippen LogP contribution in [0, 0.1) is 20.8 Å². The lowest BCUT2D eigenvalue weighted by molar-refractivity contribution is 0.0559. The molecule has 2 atom stereocenters. The van der Waals surface area contributed by atoms with Crippen molar-refractivity contribution < 1.29 is 13.9 Å². The summed E-state index contributed by atoms with van der Waals surface area (Å²) < 4.78 is 18.7. The second kappa shape index (κ2) is 8.70. The van der Waals surface area contributed by atoms with Crippen LogP contribution in [0.4, 0.5) is 0 Å². The van der Waals surface area contributed by atoms with Crippen LogP contribution >= 0.6 is 0 Å². The maximum atomic E-state index is 6.69. The van der Waals surface area contributed by atoms with Gasteiger partial charge in [-0.15, -0.1) is 0 Å². The first kappa shape index (κ1) is 23.4. The minimum atomic E-state index is -0.784. The molecule has 4 heteroatoms. The van der Waals surface area contributed by atoms with Gasteiger partial charge in [-0.3, -0.25) is 0 Å². The van der Waals surface area contributed by atoms with E-state index in [0.717, 1.165) is 50.0 Å². The Morgan fingerprint density at radius 1 is 1.13 bits per heavy atom. The van der Waals surface area contributed by atoms with Crippen LogP contribution in [0.3, 0.4) is 0 Å². The number of fused-ring (bicyclic) bond motifs is 1. The number of epoxide rings is 1. The average Bonchev–Trinajstić information content (AvgIpc) is 3.28. The first-order chi connectivity index (χ1) is 13.9. The Balaban J connectivity index is 1.64. The van der Waals surface area contributed by atoms with Crippen molar-refractivity contribution in [3.05, 3.63) is 33.9 Å². The van der Waals surface area contributed by atoms with E-state index in [0.29, 0.717) is 6.10 Å². The summed E-state index contributed by atoms with van der Waals surface area (Å²) in [6.45, 7) is 19.9. The van der Waals surface area contributed by atoms with Crippen LogP contribution in [0.25, 0.3) is 0 Å². The van der Waals surface area contributed by atoms with Crippen molar-refractivity contribution in [3.8, 4) is 11.5 Å². The summed E-state index contributed by atoms with van der Waals surface area (Å²) in [6, 6.07) is 0. The van der Waals surface area contributed by atoms with Gasteiger partial charge >= 0.3 is 0 Å². The Hall–Kier alpha value is -1.26. The van der Waals surface area contributed by atoms with E-state index in [9.17, 15) is 0 Å². The van der Waals surface area contributed by atoms with Crippen LogP contribution in [0.5, 0.6) is 11.5 Å². The molecule has 0 aromatic heterocycles. The third kappa shape index (κ3) is 5.13. The Labute approximate surface area is 185 Å². The highest BCUT2D eigenvalue weighted by molar-refractivity contribution is 6.49. The molecular weight excluding hydrogens is 388 g/mol. The average molecular weight is 430 g/mol. The van der Waals surface area contributed by atoms with Crippen LogP contribution < -0.4 is 9.16 Å². The SMILES string of the molecule is C/C(=C\CC[C@]1(C)CCc2c(C)c(O[Si](C)C)c(C)c(C)c2O1)CCC1OC1(C)C. The van der Waals surface area contributed by atoms with Gasteiger partial charge in [0.1, 0.15) is 17.1 Å². The molecule has 1 aromatic rings. The van der Waals surface area contributed by atoms with Crippen LogP contribution in [0.1, 0.15) is 82.1 Å². The summed E-state index contributed by atoms with van der Waals surface area (Å²) in [6.07, 6.45) is 9.38. The molecule has 167 valence electrons. The largest absolute Gasteiger partial charge is 0.542 e. The highest BCUT2D eigenvalue weighted by Gasteiger charge is 2.46. The van der Waals surface area contributed by atoms with Crippen LogP contribution in [-0.4, -0.2) is 26.3 Å². The monoisotopic (exact) mass is 429 g/mol. The summed E-state index contributed by atoms with van der Waals surface area (Å²) in [5.74, 6) is 2.21. The van der Waals surface area contributed by atoms with Gasteiger partial charge in [0, 0.05) is 5.56 Å². The van der Waals surface area contributed by atoms with Crippen LogP contribution in [0.15, 0.2) is 11.6 Å². The third-order valence-corrected chi connectivity index (χ3v) is 7.61. The number of hydrogen-bond acceptors (Lipinski definition) is 3. The maximum Gasteiger partial charge on any atom is 0.274 e. The Bertz CT molecular complexity index is 824. The Morgan fingerprint density at radius 3 is 2.40 bits per heavy atom. The van der Waals surface area contributed by atoms with E-state index in [-0.39, 0.29) is 11.2 Å². The van der Waals surface area contributed by atoms with Gasteiger partial charge in [-0.05, 0) is 117 Å². The van der Waals surface area contributed by atoms with Crippen molar-refractivity contribution in [2.24, 2.45) is 0 Å². The molecule has 0 N–H and O–H groups in total. The molecule has 0 bridgehead atoms. The lowest BCUT2D eigenvalue weighted by Gasteiger charge is -2.38. The van der Waals surface area contributed by atoms with Gasteiger partial charge in [0.2, 0.25) is 0 Å². The second-order valence-electron chi connectivity index (χ2n) is 10.4. The molecular formula is C26H41O3Si. The third-order valence-electron chi connectivity index (χ3n) is 7.00.